The van der Waals surface area contributed by atoms with Crippen LogP contribution in [0.4, 0.5) is 5.69 Å². The van der Waals surface area contributed by atoms with E-state index in [1.807, 2.05) is 24.3 Å². The van der Waals surface area contributed by atoms with Crippen molar-refractivity contribution < 1.29 is 0 Å². The fraction of sp³-hybridized carbons (Fsp3) is 0.500. The van der Waals surface area contributed by atoms with E-state index in [4.69, 9.17) is 11.0 Å². The Kier molecular flexibility index (Phi) is 3.65. The van der Waals surface area contributed by atoms with E-state index >= 15 is 0 Å². The van der Waals surface area contributed by atoms with Gasteiger partial charge in [0.15, 0.2) is 0 Å². The number of anilines is 1. The summed E-state index contributed by atoms with van der Waals surface area (Å²) >= 11 is 0. The van der Waals surface area contributed by atoms with Gasteiger partial charge in [0.05, 0.1) is 11.6 Å². The van der Waals surface area contributed by atoms with Crippen molar-refractivity contribution in [2.75, 3.05) is 18.0 Å². The van der Waals surface area contributed by atoms with Gasteiger partial charge in [-0.3, -0.25) is 0 Å². The first-order valence-electron chi connectivity index (χ1n) is 6.25. The third kappa shape index (κ3) is 2.59. The fourth-order valence-corrected chi connectivity index (χ4v) is 2.46. The molecule has 2 rings (SSSR count). The molecule has 0 radical (unpaired) electrons. The molecular weight excluding hydrogens is 210 g/mol. The van der Waals surface area contributed by atoms with Gasteiger partial charge in [0, 0.05) is 24.8 Å². The maximum Gasteiger partial charge on any atom is 0.0991 e. The summed E-state index contributed by atoms with van der Waals surface area (Å²) in [6.07, 6.45) is 2.19. The number of piperidine rings is 1. The van der Waals surface area contributed by atoms with Gasteiger partial charge in [0.1, 0.15) is 0 Å². The molecule has 3 nitrogen and oxygen atoms in total. The van der Waals surface area contributed by atoms with Crippen molar-refractivity contribution in [2.45, 2.75) is 25.8 Å². The molecule has 2 unspecified atom stereocenters. The van der Waals surface area contributed by atoms with Crippen LogP contribution >= 0.6 is 0 Å². The van der Waals surface area contributed by atoms with Gasteiger partial charge in [-0.15, -0.1) is 0 Å². The van der Waals surface area contributed by atoms with Crippen molar-refractivity contribution in [3.05, 3.63) is 29.8 Å². The lowest BCUT2D eigenvalue weighted by Crippen LogP contribution is -2.46. The topological polar surface area (TPSA) is 53.0 Å². The van der Waals surface area contributed by atoms with Crippen LogP contribution in [0.1, 0.15) is 25.3 Å². The molecule has 1 aliphatic heterocycles. The van der Waals surface area contributed by atoms with Gasteiger partial charge in [-0.1, -0.05) is 13.3 Å². The van der Waals surface area contributed by atoms with Gasteiger partial charge < -0.3 is 10.6 Å². The summed E-state index contributed by atoms with van der Waals surface area (Å²) in [5.41, 5.74) is 8.03. The summed E-state index contributed by atoms with van der Waals surface area (Å²) in [7, 11) is 0. The quantitative estimate of drug-likeness (QED) is 0.845. The Morgan fingerprint density at radius 1 is 1.41 bits per heavy atom. The first kappa shape index (κ1) is 11.9. The summed E-state index contributed by atoms with van der Waals surface area (Å²) in [6.45, 7) is 4.25. The number of nitrogens with zero attached hydrogens (tertiary/aromatic N) is 2. The third-order valence-corrected chi connectivity index (χ3v) is 3.68. The van der Waals surface area contributed by atoms with Crippen LogP contribution in [0.5, 0.6) is 0 Å². The van der Waals surface area contributed by atoms with Crippen LogP contribution in [0.2, 0.25) is 0 Å². The van der Waals surface area contributed by atoms with E-state index in [0.29, 0.717) is 12.0 Å². The molecule has 1 aliphatic rings. The number of benzene rings is 1. The fourth-order valence-electron chi connectivity index (χ4n) is 2.46. The second kappa shape index (κ2) is 5.20. The van der Waals surface area contributed by atoms with E-state index in [2.05, 4.69) is 17.9 Å². The van der Waals surface area contributed by atoms with Crippen molar-refractivity contribution in [3.8, 4) is 6.07 Å². The zero-order valence-corrected chi connectivity index (χ0v) is 10.3. The molecule has 2 atom stereocenters. The van der Waals surface area contributed by atoms with E-state index in [-0.39, 0.29) is 0 Å². The lowest BCUT2D eigenvalue weighted by atomic mass is 9.90. The predicted octanol–water partition coefficient (Wildman–Crippen LogP) is 2.12. The third-order valence-electron chi connectivity index (χ3n) is 3.68. The highest BCUT2D eigenvalue weighted by Gasteiger charge is 2.25. The summed E-state index contributed by atoms with van der Waals surface area (Å²) in [5.74, 6) is 0.583. The normalized spacial score (nSPS) is 24.4. The van der Waals surface area contributed by atoms with Gasteiger partial charge in [-0.25, -0.2) is 0 Å². The average molecular weight is 229 g/mol. The van der Waals surface area contributed by atoms with Gasteiger partial charge in [-0.2, -0.15) is 5.26 Å². The molecule has 0 aliphatic carbocycles. The Balaban J connectivity index is 2.09. The van der Waals surface area contributed by atoms with Crippen LogP contribution in [0.25, 0.3) is 0 Å². The molecule has 0 amide bonds. The van der Waals surface area contributed by atoms with Crippen molar-refractivity contribution in [3.63, 3.8) is 0 Å². The van der Waals surface area contributed by atoms with E-state index < -0.39 is 0 Å². The molecule has 0 bridgehead atoms. The molecule has 1 fully saturated rings. The highest BCUT2D eigenvalue weighted by atomic mass is 15.1. The molecule has 1 aromatic rings. The molecule has 0 aromatic heterocycles. The zero-order valence-electron chi connectivity index (χ0n) is 10.3. The van der Waals surface area contributed by atoms with Crippen LogP contribution in [-0.2, 0) is 0 Å². The minimum Gasteiger partial charge on any atom is -0.371 e. The van der Waals surface area contributed by atoms with Gasteiger partial charge in [0.2, 0.25) is 0 Å². The maximum atomic E-state index is 8.77. The molecule has 0 saturated carbocycles. The lowest BCUT2D eigenvalue weighted by molar-refractivity contribution is 0.348. The maximum absolute atomic E-state index is 8.77. The molecule has 2 N–H and O–H groups in total. The molecule has 17 heavy (non-hydrogen) atoms. The first-order chi connectivity index (χ1) is 8.24. The minimum absolute atomic E-state index is 0.342. The van der Waals surface area contributed by atoms with E-state index in [1.54, 1.807) is 0 Å². The molecule has 1 saturated heterocycles. The highest BCUT2D eigenvalue weighted by Crippen LogP contribution is 2.24. The Morgan fingerprint density at radius 2 is 2.12 bits per heavy atom. The van der Waals surface area contributed by atoms with Gasteiger partial charge in [-0.05, 0) is 36.6 Å². The van der Waals surface area contributed by atoms with Crippen molar-refractivity contribution in [2.24, 2.45) is 11.7 Å². The van der Waals surface area contributed by atoms with E-state index in [0.717, 1.165) is 31.5 Å². The first-order valence-corrected chi connectivity index (χ1v) is 6.25. The Morgan fingerprint density at radius 3 is 2.71 bits per heavy atom. The number of hydrogen-bond acceptors (Lipinski definition) is 3. The summed E-state index contributed by atoms with van der Waals surface area (Å²) in [6, 6.07) is 10.3. The standard InChI is InChI=1S/C14H19N3/c1-2-12-10-17(8-7-14(12)16)13-5-3-11(9-15)4-6-13/h3-6,12,14H,2,7-8,10,16H2,1H3. The second-order valence-electron chi connectivity index (χ2n) is 4.73. The van der Waals surface area contributed by atoms with Crippen LogP contribution in [0.3, 0.4) is 0 Å². The van der Waals surface area contributed by atoms with Crippen LogP contribution in [0, 0.1) is 17.2 Å². The van der Waals surface area contributed by atoms with E-state index in [1.165, 1.54) is 5.69 Å². The predicted molar refractivity (Wildman–Crippen MR) is 69.7 cm³/mol. The van der Waals surface area contributed by atoms with Gasteiger partial charge in [0.25, 0.3) is 0 Å². The molecular formula is C14H19N3. The van der Waals surface area contributed by atoms with Crippen LogP contribution in [-0.4, -0.2) is 19.1 Å². The SMILES string of the molecule is CCC1CN(c2ccc(C#N)cc2)CCC1N. The molecule has 3 heteroatoms. The van der Waals surface area contributed by atoms with Gasteiger partial charge >= 0.3 is 0 Å². The average Bonchev–Trinajstić information content (AvgIpc) is 2.39. The summed E-state index contributed by atoms with van der Waals surface area (Å²) < 4.78 is 0. The minimum atomic E-state index is 0.342. The van der Waals surface area contributed by atoms with Crippen molar-refractivity contribution in [1.29, 1.82) is 5.26 Å². The largest absolute Gasteiger partial charge is 0.371 e. The lowest BCUT2D eigenvalue weighted by Gasteiger charge is -2.38. The number of rotatable bonds is 2. The molecule has 1 heterocycles. The number of nitriles is 1. The molecule has 90 valence electrons. The van der Waals surface area contributed by atoms with Crippen LogP contribution < -0.4 is 10.6 Å². The Bertz CT molecular complexity index is 404. The molecule has 1 aromatic carbocycles. The molecule has 0 spiro atoms. The smallest absolute Gasteiger partial charge is 0.0991 e. The summed E-state index contributed by atoms with van der Waals surface area (Å²) in [4.78, 5) is 2.37. The Labute approximate surface area is 103 Å². The van der Waals surface area contributed by atoms with E-state index in [9.17, 15) is 0 Å². The zero-order chi connectivity index (χ0) is 12.3. The highest BCUT2D eigenvalue weighted by molar-refractivity contribution is 5.50. The van der Waals surface area contributed by atoms with Crippen LogP contribution in [0.15, 0.2) is 24.3 Å². The monoisotopic (exact) mass is 229 g/mol. The second-order valence-corrected chi connectivity index (χ2v) is 4.73. The number of hydrogen-bond donors (Lipinski definition) is 1. The Hall–Kier alpha value is -1.53. The summed E-state index contributed by atoms with van der Waals surface area (Å²) in [5, 5.41) is 8.77. The number of nitrogens with two attached hydrogens (primary N) is 1. The van der Waals surface area contributed by atoms with Crippen molar-refractivity contribution in [1.82, 2.24) is 0 Å². The van der Waals surface area contributed by atoms with Crippen molar-refractivity contribution >= 4 is 5.69 Å².